The van der Waals surface area contributed by atoms with E-state index in [0.29, 0.717) is 6.42 Å². The maximum atomic E-state index is 11.9. The van der Waals surface area contributed by atoms with Crippen LogP contribution in [0.2, 0.25) is 0 Å². The molecule has 0 N–H and O–H groups in total. The predicted molar refractivity (Wildman–Crippen MR) is 68.4 cm³/mol. The molecule has 100 valence electrons. The number of carbonyl (C=O) groups is 1. The molecular formula is C13H20N2O3. The molecule has 0 radical (unpaired) electrons. The van der Waals surface area contributed by atoms with Crippen molar-refractivity contribution in [1.82, 2.24) is 0 Å². The molecule has 0 aromatic carbocycles. The van der Waals surface area contributed by atoms with Gasteiger partial charge in [-0.3, -0.25) is 0 Å². The lowest BCUT2D eigenvalue weighted by atomic mass is 10.0. The van der Waals surface area contributed by atoms with E-state index in [0.717, 1.165) is 37.1 Å². The summed E-state index contributed by atoms with van der Waals surface area (Å²) in [7, 11) is 0. The number of rotatable bonds is 2. The van der Waals surface area contributed by atoms with Crippen LogP contribution >= 0.6 is 0 Å². The largest absolute Gasteiger partial charge is 0.381 e. The van der Waals surface area contributed by atoms with Crippen molar-refractivity contribution in [2.45, 2.75) is 64.4 Å². The highest BCUT2D eigenvalue weighted by Crippen LogP contribution is 2.25. The second-order valence-electron chi connectivity index (χ2n) is 5.28. The minimum Gasteiger partial charge on any atom is -0.377 e. The van der Waals surface area contributed by atoms with Crippen molar-refractivity contribution < 1.29 is 14.5 Å². The van der Waals surface area contributed by atoms with Gasteiger partial charge in [-0.15, -0.1) is 0 Å². The summed E-state index contributed by atoms with van der Waals surface area (Å²) in [5.74, 6) is -0.458. The van der Waals surface area contributed by atoms with Gasteiger partial charge in [0.25, 0.3) is 0 Å². The monoisotopic (exact) mass is 252 g/mol. The SMILES string of the molecule is CC1=NOC(C)(C(=O)ON=C2CCCCCC2)C1. The third-order valence-electron chi connectivity index (χ3n) is 3.37. The fourth-order valence-corrected chi connectivity index (χ4v) is 2.27. The Bertz CT molecular complexity index is 380. The Kier molecular flexibility index (Phi) is 3.99. The number of oxime groups is 2. The first kappa shape index (κ1) is 13.1. The van der Waals surface area contributed by atoms with Crippen molar-refractivity contribution in [2.24, 2.45) is 10.3 Å². The third kappa shape index (κ3) is 3.09. The molecule has 1 aliphatic heterocycles. The van der Waals surface area contributed by atoms with Gasteiger partial charge in [0, 0.05) is 6.42 Å². The van der Waals surface area contributed by atoms with Crippen LogP contribution in [0, 0.1) is 0 Å². The first-order valence-electron chi connectivity index (χ1n) is 6.59. The summed E-state index contributed by atoms with van der Waals surface area (Å²) in [6.07, 6.45) is 7.07. The van der Waals surface area contributed by atoms with Crippen LogP contribution < -0.4 is 0 Å². The van der Waals surface area contributed by atoms with Gasteiger partial charge in [0.1, 0.15) is 0 Å². The lowest BCUT2D eigenvalue weighted by Crippen LogP contribution is -2.36. The van der Waals surface area contributed by atoms with Gasteiger partial charge in [0.15, 0.2) is 0 Å². The van der Waals surface area contributed by atoms with Crippen LogP contribution in [-0.2, 0) is 14.5 Å². The second-order valence-corrected chi connectivity index (χ2v) is 5.28. The molecule has 1 saturated carbocycles. The fraction of sp³-hybridized carbons (Fsp3) is 0.769. The molecule has 0 amide bonds. The summed E-state index contributed by atoms with van der Waals surface area (Å²) in [4.78, 5) is 22.1. The molecule has 1 heterocycles. The van der Waals surface area contributed by atoms with Gasteiger partial charge in [-0.25, -0.2) is 4.79 Å². The Balaban J connectivity index is 1.89. The Morgan fingerprint density at radius 3 is 2.56 bits per heavy atom. The van der Waals surface area contributed by atoms with Crippen molar-refractivity contribution in [3.8, 4) is 0 Å². The van der Waals surface area contributed by atoms with Gasteiger partial charge in [-0.2, -0.15) is 0 Å². The summed E-state index contributed by atoms with van der Waals surface area (Å²) < 4.78 is 0. The molecule has 0 aromatic heterocycles. The zero-order valence-electron chi connectivity index (χ0n) is 11.1. The van der Waals surface area contributed by atoms with Crippen LogP contribution in [0.3, 0.4) is 0 Å². The van der Waals surface area contributed by atoms with Gasteiger partial charge in [-0.1, -0.05) is 23.2 Å². The van der Waals surface area contributed by atoms with E-state index in [9.17, 15) is 4.79 Å². The molecule has 1 unspecified atom stereocenters. The fourth-order valence-electron chi connectivity index (χ4n) is 2.27. The van der Waals surface area contributed by atoms with Gasteiger partial charge in [0.05, 0.1) is 11.4 Å². The first-order valence-corrected chi connectivity index (χ1v) is 6.59. The topological polar surface area (TPSA) is 60.2 Å². The molecule has 0 saturated heterocycles. The van der Waals surface area contributed by atoms with Crippen molar-refractivity contribution in [3.63, 3.8) is 0 Å². The van der Waals surface area contributed by atoms with Crippen molar-refractivity contribution >= 4 is 17.4 Å². The summed E-state index contributed by atoms with van der Waals surface area (Å²) >= 11 is 0. The zero-order valence-corrected chi connectivity index (χ0v) is 11.1. The summed E-state index contributed by atoms with van der Waals surface area (Å²) in [5.41, 5.74) is 0.787. The third-order valence-corrected chi connectivity index (χ3v) is 3.37. The van der Waals surface area contributed by atoms with E-state index in [1.807, 2.05) is 6.92 Å². The number of carbonyl (C=O) groups excluding carboxylic acids is 1. The molecular weight excluding hydrogens is 232 g/mol. The Morgan fingerprint density at radius 1 is 1.33 bits per heavy atom. The van der Waals surface area contributed by atoms with Gasteiger partial charge < -0.3 is 9.68 Å². The molecule has 1 aliphatic carbocycles. The van der Waals surface area contributed by atoms with Crippen LogP contribution in [0.4, 0.5) is 0 Å². The zero-order chi connectivity index (χ0) is 13.0. The summed E-state index contributed by atoms with van der Waals surface area (Å²) in [6.45, 7) is 3.51. The van der Waals surface area contributed by atoms with Crippen molar-refractivity contribution in [1.29, 1.82) is 0 Å². The minimum absolute atomic E-state index is 0.458. The number of hydrogen-bond acceptors (Lipinski definition) is 5. The normalized spacial score (nSPS) is 28.1. The van der Waals surface area contributed by atoms with Crippen LogP contribution in [0.1, 0.15) is 58.8 Å². The molecule has 0 aromatic rings. The second kappa shape index (κ2) is 5.50. The Hall–Kier alpha value is -1.39. The van der Waals surface area contributed by atoms with Gasteiger partial charge >= 0.3 is 5.97 Å². The summed E-state index contributed by atoms with van der Waals surface area (Å²) in [6, 6.07) is 0. The van der Waals surface area contributed by atoms with E-state index < -0.39 is 11.6 Å². The molecule has 5 nitrogen and oxygen atoms in total. The molecule has 1 atom stereocenters. The lowest BCUT2D eigenvalue weighted by molar-refractivity contribution is -0.167. The highest BCUT2D eigenvalue weighted by Gasteiger charge is 2.43. The Morgan fingerprint density at radius 2 is 2.00 bits per heavy atom. The maximum Gasteiger partial charge on any atom is 0.381 e. The first-order chi connectivity index (χ1) is 8.60. The van der Waals surface area contributed by atoms with E-state index in [2.05, 4.69) is 10.3 Å². The smallest absolute Gasteiger partial charge is 0.377 e. The van der Waals surface area contributed by atoms with Crippen LogP contribution in [0.15, 0.2) is 10.3 Å². The molecule has 18 heavy (non-hydrogen) atoms. The minimum atomic E-state index is -1.00. The van der Waals surface area contributed by atoms with E-state index >= 15 is 0 Å². The Labute approximate surface area is 107 Å². The highest BCUT2D eigenvalue weighted by molar-refractivity contribution is 5.92. The van der Waals surface area contributed by atoms with Crippen LogP contribution in [0.5, 0.6) is 0 Å². The molecule has 1 fully saturated rings. The predicted octanol–water partition coefficient (Wildman–Crippen LogP) is 2.79. The molecule has 2 rings (SSSR count). The van der Waals surface area contributed by atoms with E-state index in [4.69, 9.17) is 9.68 Å². The molecule has 2 aliphatic rings. The van der Waals surface area contributed by atoms with E-state index in [-0.39, 0.29) is 0 Å². The standard InChI is InChI=1S/C13H20N2O3/c1-10-9-13(2,18-14-10)12(16)17-15-11-7-5-3-4-6-8-11/h3-9H2,1-2H3. The maximum absolute atomic E-state index is 11.9. The van der Waals surface area contributed by atoms with Crippen LogP contribution in [-0.4, -0.2) is 23.0 Å². The average molecular weight is 252 g/mol. The molecule has 0 spiro atoms. The molecule has 0 bridgehead atoms. The summed E-state index contributed by atoms with van der Waals surface area (Å²) in [5, 5.41) is 7.78. The van der Waals surface area contributed by atoms with Gasteiger partial charge in [-0.05, 0) is 39.5 Å². The lowest BCUT2D eigenvalue weighted by Gasteiger charge is -2.16. The van der Waals surface area contributed by atoms with Crippen molar-refractivity contribution in [3.05, 3.63) is 0 Å². The van der Waals surface area contributed by atoms with Gasteiger partial charge in [0.2, 0.25) is 5.60 Å². The average Bonchev–Trinajstić information content (AvgIpc) is 2.57. The van der Waals surface area contributed by atoms with E-state index in [1.54, 1.807) is 6.92 Å². The quantitative estimate of drug-likeness (QED) is 0.431. The molecule has 5 heteroatoms. The number of hydrogen-bond donors (Lipinski definition) is 0. The van der Waals surface area contributed by atoms with Crippen molar-refractivity contribution in [2.75, 3.05) is 0 Å². The van der Waals surface area contributed by atoms with Crippen LogP contribution in [0.25, 0.3) is 0 Å². The number of nitrogens with zero attached hydrogens (tertiary/aromatic N) is 2. The highest BCUT2D eigenvalue weighted by atomic mass is 16.7. The van der Waals surface area contributed by atoms with E-state index in [1.165, 1.54) is 12.8 Å².